The summed E-state index contributed by atoms with van der Waals surface area (Å²) in [6.07, 6.45) is 2.92. The maximum atomic E-state index is 11.8. The lowest BCUT2D eigenvalue weighted by molar-refractivity contribution is 0.591. The van der Waals surface area contributed by atoms with Gasteiger partial charge in [-0.1, -0.05) is 6.07 Å². The molecule has 0 aromatic carbocycles. The zero-order valence-electron chi connectivity index (χ0n) is 9.09. The number of nitrogens with zero attached hydrogens (tertiary/aromatic N) is 1. The maximum Gasteiger partial charge on any atom is 0.256 e. The quantitative estimate of drug-likeness (QED) is 0.818. The van der Waals surface area contributed by atoms with Crippen LogP contribution < -0.4 is 5.56 Å². The summed E-state index contributed by atoms with van der Waals surface area (Å²) in [6.45, 7) is 0. The van der Waals surface area contributed by atoms with Crippen molar-refractivity contribution in [1.82, 2.24) is 9.38 Å². The minimum absolute atomic E-state index is 0.152. The Balaban J connectivity index is 2.20. The van der Waals surface area contributed by atoms with Crippen LogP contribution in [0.3, 0.4) is 0 Å². The summed E-state index contributed by atoms with van der Waals surface area (Å²) in [7, 11) is -3.05. The van der Waals surface area contributed by atoms with Crippen molar-refractivity contribution in [2.24, 2.45) is 0 Å². The van der Waals surface area contributed by atoms with Gasteiger partial charge in [-0.3, -0.25) is 9.20 Å². The molecule has 0 spiro atoms. The topological polar surface area (TPSA) is 71.4 Å². The number of aromatic amines is 1. The van der Waals surface area contributed by atoms with Crippen molar-refractivity contribution in [3.63, 3.8) is 0 Å². The molecule has 2 aromatic heterocycles. The number of H-pyrrole nitrogens is 1. The maximum absolute atomic E-state index is 11.8. The number of sulfone groups is 1. The third-order valence-electron chi connectivity index (χ3n) is 3.21. The lowest BCUT2D eigenvalue weighted by Gasteiger charge is -2.04. The molecule has 3 rings (SSSR count). The van der Waals surface area contributed by atoms with Crippen LogP contribution in [0.1, 0.15) is 23.8 Å². The van der Waals surface area contributed by atoms with Crippen molar-refractivity contribution in [2.45, 2.75) is 18.1 Å². The number of imidazole rings is 1. The highest BCUT2D eigenvalue weighted by Gasteiger charge is 2.33. The predicted octanol–water partition coefficient (Wildman–Crippen LogP) is 0.877. The first kappa shape index (κ1) is 10.6. The number of pyridine rings is 1. The van der Waals surface area contributed by atoms with Crippen molar-refractivity contribution >= 4 is 15.5 Å². The second-order valence-corrected chi connectivity index (χ2v) is 6.63. The summed E-state index contributed by atoms with van der Waals surface area (Å²) in [5, 5.41) is -0.484. The molecule has 17 heavy (non-hydrogen) atoms. The van der Waals surface area contributed by atoms with E-state index in [1.807, 2.05) is 0 Å². The molecule has 0 radical (unpaired) electrons. The van der Waals surface area contributed by atoms with Gasteiger partial charge in [0.1, 0.15) is 10.9 Å². The number of hydrogen-bond acceptors (Lipinski definition) is 3. The predicted molar refractivity (Wildman–Crippen MR) is 63.8 cm³/mol. The van der Waals surface area contributed by atoms with Gasteiger partial charge in [0.15, 0.2) is 9.84 Å². The van der Waals surface area contributed by atoms with Gasteiger partial charge in [0.2, 0.25) is 0 Å². The van der Waals surface area contributed by atoms with Gasteiger partial charge in [0, 0.05) is 12.3 Å². The smallest absolute Gasteiger partial charge is 0.256 e. The number of hydrogen-bond donors (Lipinski definition) is 1. The Morgan fingerprint density at radius 2 is 2.18 bits per heavy atom. The van der Waals surface area contributed by atoms with Crippen LogP contribution in [0.25, 0.3) is 5.65 Å². The summed E-state index contributed by atoms with van der Waals surface area (Å²) in [5.41, 5.74) is 1.10. The molecule has 1 saturated heterocycles. The second kappa shape index (κ2) is 3.46. The Bertz CT molecular complexity index is 726. The summed E-state index contributed by atoms with van der Waals surface area (Å²) in [6, 6.07) is 4.86. The number of nitrogens with one attached hydrogen (secondary N) is 1. The molecule has 1 atom stereocenters. The molecule has 1 unspecified atom stereocenters. The Labute approximate surface area is 98.0 Å². The lowest BCUT2D eigenvalue weighted by atomic mass is 10.2. The average Bonchev–Trinajstić information content (AvgIpc) is 2.81. The fourth-order valence-electron chi connectivity index (χ4n) is 2.36. The Hall–Kier alpha value is -1.56. The first-order chi connectivity index (χ1) is 8.08. The van der Waals surface area contributed by atoms with E-state index in [0.717, 1.165) is 0 Å². The van der Waals surface area contributed by atoms with E-state index in [1.54, 1.807) is 18.3 Å². The fourth-order valence-corrected chi connectivity index (χ4v) is 4.25. The van der Waals surface area contributed by atoms with Crippen molar-refractivity contribution < 1.29 is 8.42 Å². The van der Waals surface area contributed by atoms with Crippen LogP contribution in [0, 0.1) is 0 Å². The molecule has 0 amide bonds. The molecule has 0 aliphatic carbocycles. The average molecular weight is 252 g/mol. The van der Waals surface area contributed by atoms with Crippen LogP contribution in [0.15, 0.2) is 29.2 Å². The van der Waals surface area contributed by atoms with E-state index in [1.165, 1.54) is 10.5 Å². The lowest BCUT2D eigenvalue weighted by Crippen LogP contribution is -2.09. The van der Waals surface area contributed by atoms with Crippen LogP contribution in [-0.2, 0) is 9.84 Å². The first-order valence-corrected chi connectivity index (χ1v) is 7.21. The molecule has 1 N–H and O–H groups in total. The molecule has 90 valence electrons. The summed E-state index contributed by atoms with van der Waals surface area (Å²) in [5.74, 6) is 0.238. The van der Waals surface area contributed by atoms with Gasteiger partial charge in [0.25, 0.3) is 5.56 Å². The van der Waals surface area contributed by atoms with Crippen LogP contribution >= 0.6 is 0 Å². The van der Waals surface area contributed by atoms with Crippen LogP contribution in [0.5, 0.6) is 0 Å². The first-order valence-electron chi connectivity index (χ1n) is 5.50. The Morgan fingerprint density at radius 3 is 2.82 bits per heavy atom. The molecule has 1 fully saturated rings. The monoisotopic (exact) mass is 252 g/mol. The standard InChI is InChI=1S/C11H12N2O3S/c14-11-5-1-4-10-12-8(7-13(10)11)9-3-2-6-17(9,15)16/h1,4-5,7,9,12H,2-3,6H2. The minimum atomic E-state index is -3.05. The highest BCUT2D eigenvalue weighted by molar-refractivity contribution is 7.91. The third-order valence-corrected chi connectivity index (χ3v) is 5.42. The molecule has 1 aliphatic heterocycles. The van der Waals surface area contributed by atoms with Crippen molar-refractivity contribution in [3.8, 4) is 0 Å². The Morgan fingerprint density at radius 1 is 1.35 bits per heavy atom. The van der Waals surface area contributed by atoms with E-state index < -0.39 is 15.1 Å². The van der Waals surface area contributed by atoms with E-state index in [-0.39, 0.29) is 11.3 Å². The molecule has 1 aliphatic rings. The van der Waals surface area contributed by atoms with Crippen LogP contribution in [-0.4, -0.2) is 23.6 Å². The van der Waals surface area contributed by atoms with E-state index >= 15 is 0 Å². The molecule has 6 heteroatoms. The van der Waals surface area contributed by atoms with Gasteiger partial charge in [-0.15, -0.1) is 0 Å². The highest BCUT2D eigenvalue weighted by atomic mass is 32.2. The molecule has 0 bridgehead atoms. The highest BCUT2D eigenvalue weighted by Crippen LogP contribution is 2.33. The number of fused-ring (bicyclic) bond motifs is 1. The van der Waals surface area contributed by atoms with E-state index in [9.17, 15) is 13.2 Å². The fraction of sp³-hybridized carbons (Fsp3) is 0.364. The molecule has 3 heterocycles. The van der Waals surface area contributed by atoms with Gasteiger partial charge in [0.05, 0.1) is 11.4 Å². The minimum Gasteiger partial charge on any atom is -0.342 e. The summed E-state index contributed by atoms with van der Waals surface area (Å²) in [4.78, 5) is 14.6. The van der Waals surface area contributed by atoms with Crippen molar-refractivity contribution in [2.75, 3.05) is 5.75 Å². The van der Waals surface area contributed by atoms with Crippen LogP contribution in [0.2, 0.25) is 0 Å². The van der Waals surface area contributed by atoms with Gasteiger partial charge >= 0.3 is 0 Å². The number of rotatable bonds is 1. The van der Waals surface area contributed by atoms with Crippen molar-refractivity contribution in [3.05, 3.63) is 40.4 Å². The normalized spacial score (nSPS) is 23.2. The largest absolute Gasteiger partial charge is 0.342 e. The zero-order valence-corrected chi connectivity index (χ0v) is 9.90. The summed E-state index contributed by atoms with van der Waals surface area (Å²) < 4.78 is 25.1. The molecule has 0 saturated carbocycles. The van der Waals surface area contributed by atoms with Gasteiger partial charge in [-0.2, -0.15) is 0 Å². The van der Waals surface area contributed by atoms with Gasteiger partial charge in [-0.25, -0.2) is 8.42 Å². The molecular weight excluding hydrogens is 240 g/mol. The van der Waals surface area contributed by atoms with Gasteiger partial charge < -0.3 is 4.98 Å². The number of aromatic nitrogens is 2. The molecular formula is C11H12N2O3S. The third kappa shape index (κ3) is 1.59. The second-order valence-electron chi connectivity index (χ2n) is 4.33. The SMILES string of the molecule is O=c1cccc2[nH]c(C3CCCS3(=O)=O)cn12. The van der Waals surface area contributed by atoms with E-state index in [2.05, 4.69) is 4.98 Å². The van der Waals surface area contributed by atoms with E-state index in [0.29, 0.717) is 24.2 Å². The molecule has 5 nitrogen and oxygen atoms in total. The van der Waals surface area contributed by atoms with Crippen LogP contribution in [0.4, 0.5) is 0 Å². The van der Waals surface area contributed by atoms with E-state index in [4.69, 9.17) is 0 Å². The summed E-state index contributed by atoms with van der Waals surface area (Å²) >= 11 is 0. The van der Waals surface area contributed by atoms with Gasteiger partial charge in [-0.05, 0) is 18.9 Å². The molecule has 2 aromatic rings. The zero-order chi connectivity index (χ0) is 12.0. The Kier molecular flexibility index (Phi) is 2.16. The van der Waals surface area contributed by atoms with Crippen molar-refractivity contribution in [1.29, 1.82) is 0 Å².